The Bertz CT molecular complexity index is 510. The lowest BCUT2D eigenvalue weighted by atomic mass is 10.1. The van der Waals surface area contributed by atoms with Crippen LogP contribution in [0.15, 0.2) is 21.6 Å². The summed E-state index contributed by atoms with van der Waals surface area (Å²) in [6.45, 7) is 2.26. The van der Waals surface area contributed by atoms with E-state index in [9.17, 15) is 9.59 Å². The first kappa shape index (κ1) is 22.8. The minimum absolute atomic E-state index is 0.143. The molecular formula is C21H34O4S. The summed E-state index contributed by atoms with van der Waals surface area (Å²) < 4.78 is 5.40. The molecule has 0 atom stereocenters. The van der Waals surface area contributed by atoms with Crippen molar-refractivity contribution >= 4 is 23.5 Å². The highest BCUT2D eigenvalue weighted by Crippen LogP contribution is 2.23. The van der Waals surface area contributed by atoms with E-state index in [2.05, 4.69) is 6.92 Å². The molecule has 0 saturated carbocycles. The molecule has 1 N–H and O–H groups in total. The second-order valence-corrected chi connectivity index (χ2v) is 7.95. The van der Waals surface area contributed by atoms with Gasteiger partial charge >= 0.3 is 5.97 Å². The zero-order valence-corrected chi connectivity index (χ0v) is 17.0. The number of rotatable bonds is 17. The third-order valence-electron chi connectivity index (χ3n) is 4.41. The van der Waals surface area contributed by atoms with E-state index in [-0.39, 0.29) is 5.76 Å². The van der Waals surface area contributed by atoms with Gasteiger partial charge in [-0.25, -0.2) is 0 Å². The molecule has 1 rings (SSSR count). The molecule has 0 amide bonds. The average Bonchev–Trinajstić information content (AvgIpc) is 3.07. The molecule has 1 aromatic rings. The van der Waals surface area contributed by atoms with E-state index in [4.69, 9.17) is 9.52 Å². The molecular weight excluding hydrogens is 348 g/mol. The first-order valence-corrected chi connectivity index (χ1v) is 11.1. The highest BCUT2D eigenvalue weighted by Gasteiger charge is 2.14. The Hall–Kier alpha value is -1.23. The summed E-state index contributed by atoms with van der Waals surface area (Å²) in [7, 11) is 0. The third-order valence-corrected chi connectivity index (χ3v) is 5.41. The van der Waals surface area contributed by atoms with E-state index < -0.39 is 18.2 Å². The summed E-state index contributed by atoms with van der Waals surface area (Å²) in [6.07, 6.45) is 15.5. The number of carbonyl (C=O) groups is 2. The standard InChI is InChI=1S/C21H34O4S/c1-2-3-4-5-6-7-8-9-10-11-12-13-16-26-21-15-14-19(25-21)18(22)17-20(23)24/h14-15H,2-13,16-17H2,1H3,(H,23,24). The van der Waals surface area contributed by atoms with E-state index in [0.717, 1.165) is 12.2 Å². The van der Waals surface area contributed by atoms with Crippen molar-refractivity contribution in [3.63, 3.8) is 0 Å². The predicted molar refractivity (Wildman–Crippen MR) is 107 cm³/mol. The summed E-state index contributed by atoms with van der Waals surface area (Å²) in [4.78, 5) is 22.1. The molecule has 1 aromatic heterocycles. The normalized spacial score (nSPS) is 11.0. The van der Waals surface area contributed by atoms with Crippen molar-refractivity contribution in [2.75, 3.05) is 5.75 Å². The van der Waals surface area contributed by atoms with Crippen LogP contribution in [0, 0.1) is 0 Å². The zero-order valence-electron chi connectivity index (χ0n) is 16.1. The summed E-state index contributed by atoms with van der Waals surface area (Å²) in [5.41, 5.74) is 0. The molecule has 0 spiro atoms. The van der Waals surface area contributed by atoms with Gasteiger partial charge in [0.2, 0.25) is 5.78 Å². The quantitative estimate of drug-likeness (QED) is 0.140. The second-order valence-electron chi connectivity index (χ2n) is 6.85. The van der Waals surface area contributed by atoms with Crippen LogP contribution in [0.3, 0.4) is 0 Å². The van der Waals surface area contributed by atoms with Crippen LogP contribution in [0.1, 0.15) is 101 Å². The molecule has 4 nitrogen and oxygen atoms in total. The van der Waals surface area contributed by atoms with Crippen LogP contribution in [0.25, 0.3) is 0 Å². The molecule has 0 radical (unpaired) electrons. The number of Topliss-reactive ketones (excluding diaryl/α,β-unsaturated/α-hetero) is 1. The fourth-order valence-electron chi connectivity index (χ4n) is 2.89. The Balaban J connectivity index is 1.94. The highest BCUT2D eigenvalue weighted by molar-refractivity contribution is 7.99. The van der Waals surface area contributed by atoms with E-state index in [1.165, 1.54) is 70.6 Å². The number of carboxylic acids is 1. The largest absolute Gasteiger partial charge is 0.481 e. The van der Waals surface area contributed by atoms with Crippen LogP contribution in [-0.4, -0.2) is 22.6 Å². The summed E-state index contributed by atoms with van der Waals surface area (Å²) in [6, 6.07) is 3.32. The van der Waals surface area contributed by atoms with Gasteiger partial charge in [-0.05, 0) is 18.6 Å². The molecule has 0 aliphatic heterocycles. The molecule has 0 bridgehead atoms. The van der Waals surface area contributed by atoms with Gasteiger partial charge in [-0.15, -0.1) is 0 Å². The Morgan fingerprint density at radius 2 is 1.42 bits per heavy atom. The summed E-state index contributed by atoms with van der Waals surface area (Å²) in [5.74, 6) is -0.492. The topological polar surface area (TPSA) is 67.5 Å². The molecule has 0 fully saturated rings. The maximum Gasteiger partial charge on any atom is 0.311 e. The van der Waals surface area contributed by atoms with Gasteiger partial charge in [0, 0.05) is 5.75 Å². The van der Waals surface area contributed by atoms with E-state index in [1.807, 2.05) is 0 Å². The average molecular weight is 383 g/mol. The number of thioether (sulfide) groups is 1. The lowest BCUT2D eigenvalue weighted by molar-refractivity contribution is -0.135. The van der Waals surface area contributed by atoms with Gasteiger partial charge in [-0.3, -0.25) is 9.59 Å². The van der Waals surface area contributed by atoms with Crippen LogP contribution in [0.5, 0.6) is 0 Å². The number of hydrogen-bond donors (Lipinski definition) is 1. The number of aliphatic carboxylic acids is 1. The van der Waals surface area contributed by atoms with Crippen LogP contribution < -0.4 is 0 Å². The Morgan fingerprint density at radius 1 is 0.885 bits per heavy atom. The molecule has 5 heteroatoms. The van der Waals surface area contributed by atoms with E-state index in [0.29, 0.717) is 5.09 Å². The third kappa shape index (κ3) is 11.4. The van der Waals surface area contributed by atoms with Crippen molar-refractivity contribution in [3.8, 4) is 0 Å². The molecule has 1 heterocycles. The molecule has 0 aliphatic carbocycles. The predicted octanol–water partition coefficient (Wildman–Crippen LogP) is 6.73. The van der Waals surface area contributed by atoms with Crippen molar-refractivity contribution in [3.05, 3.63) is 17.9 Å². The SMILES string of the molecule is CCCCCCCCCCCCCCSc1ccc(C(=O)CC(=O)O)o1. The van der Waals surface area contributed by atoms with Crippen molar-refractivity contribution in [2.24, 2.45) is 0 Å². The van der Waals surface area contributed by atoms with Crippen LogP contribution in [-0.2, 0) is 4.79 Å². The van der Waals surface area contributed by atoms with Crippen LogP contribution >= 0.6 is 11.8 Å². The van der Waals surface area contributed by atoms with Crippen molar-refractivity contribution in [1.29, 1.82) is 0 Å². The zero-order chi connectivity index (χ0) is 19.0. The number of carboxylic acid groups (broad SMARTS) is 1. The van der Waals surface area contributed by atoms with Gasteiger partial charge in [0.15, 0.2) is 10.9 Å². The maximum atomic E-state index is 11.6. The van der Waals surface area contributed by atoms with Crippen molar-refractivity contribution in [2.45, 2.75) is 95.5 Å². The molecule has 0 aliphatic rings. The molecule has 26 heavy (non-hydrogen) atoms. The summed E-state index contributed by atoms with van der Waals surface area (Å²) >= 11 is 1.59. The Kier molecular flexibility index (Phi) is 13.1. The Labute approximate surface area is 162 Å². The number of hydrogen-bond acceptors (Lipinski definition) is 4. The van der Waals surface area contributed by atoms with Gasteiger partial charge in [-0.1, -0.05) is 89.3 Å². The van der Waals surface area contributed by atoms with Crippen LogP contribution in [0.2, 0.25) is 0 Å². The fraction of sp³-hybridized carbons (Fsp3) is 0.714. The molecule has 0 aromatic carbocycles. The lowest BCUT2D eigenvalue weighted by Crippen LogP contribution is -2.05. The lowest BCUT2D eigenvalue weighted by Gasteiger charge is -2.02. The minimum Gasteiger partial charge on any atom is -0.481 e. The van der Waals surface area contributed by atoms with Crippen LogP contribution in [0.4, 0.5) is 0 Å². The second kappa shape index (κ2) is 14.9. The number of carbonyl (C=O) groups excluding carboxylic acids is 1. The van der Waals surface area contributed by atoms with Gasteiger partial charge in [0.1, 0.15) is 6.42 Å². The van der Waals surface area contributed by atoms with Crippen molar-refractivity contribution in [1.82, 2.24) is 0 Å². The van der Waals surface area contributed by atoms with Gasteiger partial charge < -0.3 is 9.52 Å². The number of unbranched alkanes of at least 4 members (excludes halogenated alkanes) is 11. The van der Waals surface area contributed by atoms with E-state index in [1.54, 1.807) is 23.9 Å². The molecule has 0 saturated heterocycles. The first-order chi connectivity index (χ1) is 12.6. The minimum atomic E-state index is -1.13. The monoisotopic (exact) mass is 382 g/mol. The number of ketones is 1. The Morgan fingerprint density at radius 3 is 1.96 bits per heavy atom. The van der Waals surface area contributed by atoms with E-state index >= 15 is 0 Å². The first-order valence-electron chi connectivity index (χ1n) is 10.1. The van der Waals surface area contributed by atoms with Gasteiger partial charge in [0.25, 0.3) is 0 Å². The number of furan rings is 1. The smallest absolute Gasteiger partial charge is 0.311 e. The maximum absolute atomic E-state index is 11.6. The molecule has 0 unspecified atom stereocenters. The molecule has 148 valence electrons. The van der Waals surface area contributed by atoms with Gasteiger partial charge in [0.05, 0.1) is 0 Å². The van der Waals surface area contributed by atoms with Gasteiger partial charge in [-0.2, -0.15) is 0 Å². The summed E-state index contributed by atoms with van der Waals surface area (Å²) in [5, 5.41) is 9.32. The van der Waals surface area contributed by atoms with Crippen molar-refractivity contribution < 1.29 is 19.1 Å². The highest BCUT2D eigenvalue weighted by atomic mass is 32.2. The fourth-order valence-corrected chi connectivity index (χ4v) is 3.75.